The summed E-state index contributed by atoms with van der Waals surface area (Å²) < 4.78 is 18.1. The minimum atomic E-state index is -0.594. The predicted molar refractivity (Wildman–Crippen MR) is 91.3 cm³/mol. The molecule has 2 amide bonds. The molecule has 126 valence electrons. The van der Waals surface area contributed by atoms with Gasteiger partial charge in [-0.15, -0.1) is 0 Å². The van der Waals surface area contributed by atoms with E-state index in [-0.39, 0.29) is 5.02 Å². The van der Waals surface area contributed by atoms with Crippen LogP contribution in [0.4, 0.5) is 15.8 Å². The molecule has 2 rings (SSSR count). The molecule has 0 aliphatic carbocycles. The van der Waals surface area contributed by atoms with E-state index in [0.717, 1.165) is 6.07 Å². The Morgan fingerprint density at radius 1 is 1.00 bits per heavy atom. The van der Waals surface area contributed by atoms with Crippen molar-refractivity contribution >= 4 is 46.4 Å². The van der Waals surface area contributed by atoms with E-state index in [2.05, 4.69) is 10.6 Å². The number of rotatable bonds is 5. The Bertz CT molecular complexity index is 784. The number of halogens is 3. The maximum absolute atomic E-state index is 13.0. The van der Waals surface area contributed by atoms with Gasteiger partial charge in [0.15, 0.2) is 0 Å². The average molecular weight is 371 g/mol. The highest BCUT2D eigenvalue weighted by molar-refractivity contribution is 6.32. The number of hydrogen-bond donors (Lipinski definition) is 2. The molecule has 0 aromatic heterocycles. The molecule has 2 aromatic rings. The Kier molecular flexibility index (Phi) is 6.00. The molecular weight excluding hydrogens is 358 g/mol. The second kappa shape index (κ2) is 7.99. The molecule has 8 heteroatoms. The van der Waals surface area contributed by atoms with Gasteiger partial charge in [-0.2, -0.15) is 0 Å². The quantitative estimate of drug-likeness (QED) is 0.778. The van der Waals surface area contributed by atoms with Crippen LogP contribution < -0.4 is 15.4 Å². The van der Waals surface area contributed by atoms with Crippen LogP contribution in [0.1, 0.15) is 6.42 Å². The first-order chi connectivity index (χ1) is 11.4. The van der Waals surface area contributed by atoms with Crippen LogP contribution in [0.5, 0.6) is 5.75 Å². The van der Waals surface area contributed by atoms with Crippen LogP contribution in [0.15, 0.2) is 36.4 Å². The van der Waals surface area contributed by atoms with Gasteiger partial charge in [-0.1, -0.05) is 23.2 Å². The highest BCUT2D eigenvalue weighted by Gasteiger charge is 2.12. The minimum Gasteiger partial charge on any atom is -0.495 e. The third kappa shape index (κ3) is 4.84. The largest absolute Gasteiger partial charge is 0.495 e. The second-order valence-electron chi connectivity index (χ2n) is 4.75. The first-order valence-electron chi connectivity index (χ1n) is 6.77. The van der Waals surface area contributed by atoms with E-state index in [1.54, 1.807) is 12.1 Å². The summed E-state index contributed by atoms with van der Waals surface area (Å²) in [6.45, 7) is 0. The van der Waals surface area contributed by atoms with Crippen LogP contribution in [-0.2, 0) is 9.59 Å². The van der Waals surface area contributed by atoms with E-state index in [4.69, 9.17) is 27.9 Å². The maximum Gasteiger partial charge on any atom is 0.233 e. The molecule has 0 bridgehead atoms. The lowest BCUT2D eigenvalue weighted by Gasteiger charge is -2.09. The predicted octanol–water partition coefficient (Wildman–Crippen LogP) is 4.11. The smallest absolute Gasteiger partial charge is 0.233 e. The summed E-state index contributed by atoms with van der Waals surface area (Å²) in [6.07, 6.45) is -0.418. The number of benzene rings is 2. The molecule has 0 fully saturated rings. The van der Waals surface area contributed by atoms with Crippen molar-refractivity contribution < 1.29 is 18.7 Å². The van der Waals surface area contributed by atoms with E-state index >= 15 is 0 Å². The summed E-state index contributed by atoms with van der Waals surface area (Å²) in [7, 11) is 1.48. The minimum absolute atomic E-state index is 0.120. The van der Waals surface area contributed by atoms with Gasteiger partial charge in [-0.05, 0) is 36.4 Å². The Hall–Kier alpha value is -2.31. The fourth-order valence-corrected chi connectivity index (χ4v) is 2.31. The van der Waals surface area contributed by atoms with E-state index in [0.29, 0.717) is 22.1 Å². The highest BCUT2D eigenvalue weighted by Crippen LogP contribution is 2.27. The number of hydrogen-bond acceptors (Lipinski definition) is 3. The van der Waals surface area contributed by atoms with Crippen LogP contribution in [0.3, 0.4) is 0 Å². The summed E-state index contributed by atoms with van der Waals surface area (Å²) in [6, 6.07) is 8.43. The Labute approximate surface area is 147 Å². The molecule has 2 aromatic carbocycles. The lowest BCUT2D eigenvalue weighted by molar-refractivity contribution is -0.123. The van der Waals surface area contributed by atoms with Gasteiger partial charge in [-0.25, -0.2) is 4.39 Å². The molecule has 0 radical (unpaired) electrons. The molecule has 0 heterocycles. The molecule has 0 spiro atoms. The first-order valence-corrected chi connectivity index (χ1v) is 7.53. The average Bonchev–Trinajstić information content (AvgIpc) is 2.51. The Morgan fingerprint density at radius 2 is 1.54 bits per heavy atom. The Balaban J connectivity index is 1.92. The third-order valence-corrected chi connectivity index (χ3v) is 3.55. The maximum atomic E-state index is 13.0. The van der Waals surface area contributed by atoms with Gasteiger partial charge >= 0.3 is 0 Å². The molecule has 0 atom stereocenters. The van der Waals surface area contributed by atoms with Crippen molar-refractivity contribution in [1.82, 2.24) is 0 Å². The van der Waals surface area contributed by atoms with E-state index in [1.807, 2.05) is 0 Å². The van der Waals surface area contributed by atoms with Crippen LogP contribution in [0.25, 0.3) is 0 Å². The summed E-state index contributed by atoms with van der Waals surface area (Å²) in [5.41, 5.74) is 0.732. The van der Waals surface area contributed by atoms with E-state index < -0.39 is 24.1 Å². The molecule has 2 N–H and O–H groups in total. The molecular formula is C16H13Cl2FN2O3. The van der Waals surface area contributed by atoms with Crippen molar-refractivity contribution in [1.29, 1.82) is 0 Å². The van der Waals surface area contributed by atoms with Crippen molar-refractivity contribution in [3.05, 3.63) is 52.3 Å². The summed E-state index contributed by atoms with van der Waals surface area (Å²) in [5.74, 6) is -1.21. The summed E-state index contributed by atoms with van der Waals surface area (Å²) in [5, 5.41) is 5.22. The molecule has 0 saturated heterocycles. The molecule has 24 heavy (non-hydrogen) atoms. The van der Waals surface area contributed by atoms with Gasteiger partial charge in [0, 0.05) is 11.4 Å². The third-order valence-electron chi connectivity index (χ3n) is 2.96. The van der Waals surface area contributed by atoms with Gasteiger partial charge in [0.2, 0.25) is 11.8 Å². The first kappa shape index (κ1) is 18.0. The van der Waals surface area contributed by atoms with Crippen LogP contribution >= 0.6 is 23.2 Å². The molecule has 0 unspecified atom stereocenters. The van der Waals surface area contributed by atoms with Crippen molar-refractivity contribution in [2.75, 3.05) is 17.7 Å². The topological polar surface area (TPSA) is 67.4 Å². The lowest BCUT2D eigenvalue weighted by Crippen LogP contribution is -2.21. The van der Waals surface area contributed by atoms with Gasteiger partial charge in [0.1, 0.15) is 18.0 Å². The monoisotopic (exact) mass is 370 g/mol. The second-order valence-corrected chi connectivity index (χ2v) is 5.57. The number of nitrogens with one attached hydrogen (secondary N) is 2. The summed E-state index contributed by atoms with van der Waals surface area (Å²) >= 11 is 11.6. The fourth-order valence-electron chi connectivity index (χ4n) is 1.87. The number of anilines is 2. The van der Waals surface area contributed by atoms with Gasteiger partial charge in [-0.3, -0.25) is 9.59 Å². The number of carbonyl (C=O) groups is 2. The van der Waals surface area contributed by atoms with Crippen molar-refractivity contribution in [3.63, 3.8) is 0 Å². The number of amides is 2. The zero-order chi connectivity index (χ0) is 17.7. The standard InChI is InChI=1S/C16H13Cl2FN2O3/c1-24-14-5-3-10(7-12(14)18)21-16(23)8-15(22)20-9-2-4-13(19)11(17)6-9/h2-7H,8H2,1H3,(H,20,22)(H,21,23). The van der Waals surface area contributed by atoms with Crippen molar-refractivity contribution in [2.24, 2.45) is 0 Å². The zero-order valence-electron chi connectivity index (χ0n) is 12.5. The fraction of sp³-hybridized carbons (Fsp3) is 0.125. The highest BCUT2D eigenvalue weighted by atomic mass is 35.5. The van der Waals surface area contributed by atoms with E-state index in [1.165, 1.54) is 25.3 Å². The summed E-state index contributed by atoms with van der Waals surface area (Å²) in [4.78, 5) is 23.7. The molecule has 0 aliphatic rings. The molecule has 0 saturated carbocycles. The number of methoxy groups -OCH3 is 1. The van der Waals surface area contributed by atoms with Crippen molar-refractivity contribution in [2.45, 2.75) is 6.42 Å². The zero-order valence-corrected chi connectivity index (χ0v) is 14.0. The normalized spacial score (nSPS) is 10.2. The molecule has 5 nitrogen and oxygen atoms in total. The van der Waals surface area contributed by atoms with Crippen LogP contribution in [0.2, 0.25) is 10.0 Å². The SMILES string of the molecule is COc1ccc(NC(=O)CC(=O)Nc2ccc(F)c(Cl)c2)cc1Cl. The van der Waals surface area contributed by atoms with Gasteiger partial charge < -0.3 is 15.4 Å². The molecule has 0 aliphatic heterocycles. The lowest BCUT2D eigenvalue weighted by atomic mass is 10.2. The number of carbonyl (C=O) groups excluding carboxylic acids is 2. The van der Waals surface area contributed by atoms with E-state index in [9.17, 15) is 14.0 Å². The van der Waals surface area contributed by atoms with Crippen LogP contribution in [0, 0.1) is 5.82 Å². The van der Waals surface area contributed by atoms with Crippen molar-refractivity contribution in [3.8, 4) is 5.75 Å². The van der Waals surface area contributed by atoms with Gasteiger partial charge in [0.05, 0.1) is 17.2 Å². The number of ether oxygens (including phenoxy) is 1. The Morgan fingerprint density at radius 3 is 2.04 bits per heavy atom. The van der Waals surface area contributed by atoms with Crippen LogP contribution in [-0.4, -0.2) is 18.9 Å². The van der Waals surface area contributed by atoms with Gasteiger partial charge in [0.25, 0.3) is 0 Å².